The normalized spacial score (nSPS) is 15.9. The van der Waals surface area contributed by atoms with Crippen LogP contribution in [0.25, 0.3) is 0 Å². The molecule has 4 N–H and O–H groups in total. The average molecular weight is 153 g/mol. The van der Waals surface area contributed by atoms with Crippen LogP contribution in [0.1, 0.15) is 5.56 Å². The van der Waals surface area contributed by atoms with Crippen LogP contribution in [-0.2, 0) is 5.72 Å². The second-order valence-electron chi connectivity index (χ2n) is 2.45. The predicted molar refractivity (Wildman–Crippen MR) is 41.6 cm³/mol. The molecule has 1 aromatic carbocycles. The Morgan fingerprint density at radius 1 is 1.27 bits per heavy atom. The molecule has 0 aliphatic heterocycles. The van der Waals surface area contributed by atoms with E-state index in [0.29, 0.717) is 5.56 Å². The van der Waals surface area contributed by atoms with Crippen LogP contribution >= 0.6 is 0 Å². The highest BCUT2D eigenvalue weighted by atomic mass is 16.3. The summed E-state index contributed by atoms with van der Waals surface area (Å²) in [5.74, 6) is 0. The van der Waals surface area contributed by atoms with Crippen LogP contribution in [0.15, 0.2) is 30.3 Å². The molecule has 0 amide bonds. The molecule has 0 radical (unpaired) electrons. The Balaban J connectivity index is 2.93. The van der Waals surface area contributed by atoms with Crippen molar-refractivity contribution >= 4 is 0 Å². The molecule has 1 unspecified atom stereocenters. The predicted octanol–water partition coefficient (Wildman–Crippen LogP) is -0.217. The molecule has 1 rings (SSSR count). The summed E-state index contributed by atoms with van der Waals surface area (Å²) in [4.78, 5) is 0. The van der Waals surface area contributed by atoms with Gasteiger partial charge in [-0.3, -0.25) is 5.73 Å². The molecular weight excluding hydrogens is 142 g/mol. The minimum Gasteiger partial charge on any atom is -0.392 e. The molecule has 60 valence electrons. The van der Waals surface area contributed by atoms with Crippen molar-refractivity contribution in [1.82, 2.24) is 0 Å². The van der Waals surface area contributed by atoms with Crippen LogP contribution in [-0.4, -0.2) is 16.8 Å². The van der Waals surface area contributed by atoms with Gasteiger partial charge in [0.2, 0.25) is 0 Å². The first-order chi connectivity index (χ1) is 5.17. The van der Waals surface area contributed by atoms with E-state index in [-0.39, 0.29) is 0 Å². The first-order valence-corrected chi connectivity index (χ1v) is 3.34. The highest BCUT2D eigenvalue weighted by molar-refractivity contribution is 5.20. The Hall–Kier alpha value is -0.900. The zero-order chi connectivity index (χ0) is 8.32. The Labute approximate surface area is 65.1 Å². The van der Waals surface area contributed by atoms with Gasteiger partial charge in [-0.05, 0) is 0 Å². The van der Waals surface area contributed by atoms with Crippen LogP contribution in [0.2, 0.25) is 0 Å². The molecular formula is C8H11NO2. The number of aliphatic hydroxyl groups excluding tert-OH is 1. The van der Waals surface area contributed by atoms with Crippen molar-refractivity contribution in [3.63, 3.8) is 0 Å². The fourth-order valence-electron chi connectivity index (χ4n) is 0.818. The monoisotopic (exact) mass is 153 g/mol. The summed E-state index contributed by atoms with van der Waals surface area (Å²) in [6.45, 7) is -0.475. The first-order valence-electron chi connectivity index (χ1n) is 3.34. The highest BCUT2D eigenvalue weighted by Crippen LogP contribution is 2.12. The maximum absolute atomic E-state index is 9.32. The van der Waals surface area contributed by atoms with E-state index >= 15 is 0 Å². The second-order valence-corrected chi connectivity index (χ2v) is 2.45. The smallest absolute Gasteiger partial charge is 0.163 e. The number of hydrogen-bond acceptors (Lipinski definition) is 3. The average Bonchev–Trinajstić information content (AvgIpc) is 2.06. The van der Waals surface area contributed by atoms with Crippen molar-refractivity contribution in [2.45, 2.75) is 5.72 Å². The van der Waals surface area contributed by atoms with Crippen LogP contribution in [0.4, 0.5) is 0 Å². The van der Waals surface area contributed by atoms with Crippen LogP contribution < -0.4 is 5.73 Å². The van der Waals surface area contributed by atoms with Crippen molar-refractivity contribution in [2.75, 3.05) is 6.61 Å². The van der Waals surface area contributed by atoms with Crippen molar-refractivity contribution in [3.05, 3.63) is 35.9 Å². The summed E-state index contributed by atoms with van der Waals surface area (Å²) < 4.78 is 0. The standard InChI is InChI=1S/C8H11NO2/c9-8(11,6-10)7-4-2-1-3-5-7/h1-5,10-11H,6,9H2. The van der Waals surface area contributed by atoms with E-state index in [2.05, 4.69) is 0 Å². The van der Waals surface area contributed by atoms with Gasteiger partial charge in [0.05, 0.1) is 6.61 Å². The molecule has 1 aromatic rings. The SMILES string of the molecule is NC(O)(CO)c1ccccc1. The molecule has 1 atom stereocenters. The van der Waals surface area contributed by atoms with Gasteiger partial charge in [0.15, 0.2) is 5.72 Å². The van der Waals surface area contributed by atoms with Gasteiger partial charge < -0.3 is 10.2 Å². The molecule has 0 saturated carbocycles. The molecule has 0 fully saturated rings. The summed E-state index contributed by atoms with van der Waals surface area (Å²) >= 11 is 0. The molecule has 0 heterocycles. The molecule has 0 spiro atoms. The fourth-order valence-corrected chi connectivity index (χ4v) is 0.818. The molecule has 3 heteroatoms. The molecule has 0 bridgehead atoms. The summed E-state index contributed by atoms with van der Waals surface area (Å²) in [6, 6.07) is 8.65. The first kappa shape index (κ1) is 8.20. The number of hydrogen-bond donors (Lipinski definition) is 3. The van der Waals surface area contributed by atoms with Gasteiger partial charge in [-0.2, -0.15) is 0 Å². The van der Waals surface area contributed by atoms with E-state index in [4.69, 9.17) is 10.8 Å². The van der Waals surface area contributed by atoms with E-state index in [1.54, 1.807) is 24.3 Å². The van der Waals surface area contributed by atoms with Crippen molar-refractivity contribution in [1.29, 1.82) is 0 Å². The molecule has 0 saturated heterocycles. The van der Waals surface area contributed by atoms with Gasteiger partial charge >= 0.3 is 0 Å². The van der Waals surface area contributed by atoms with Crippen molar-refractivity contribution in [3.8, 4) is 0 Å². The van der Waals surface area contributed by atoms with Gasteiger partial charge in [-0.25, -0.2) is 0 Å². The lowest BCUT2D eigenvalue weighted by atomic mass is 10.1. The van der Waals surface area contributed by atoms with Crippen molar-refractivity contribution in [2.24, 2.45) is 5.73 Å². The number of rotatable bonds is 2. The summed E-state index contributed by atoms with van der Waals surface area (Å²) in [6.07, 6.45) is 0. The largest absolute Gasteiger partial charge is 0.392 e. The van der Waals surface area contributed by atoms with Gasteiger partial charge in [-0.1, -0.05) is 30.3 Å². The second kappa shape index (κ2) is 3.00. The Morgan fingerprint density at radius 2 is 1.82 bits per heavy atom. The topological polar surface area (TPSA) is 66.5 Å². The third kappa shape index (κ3) is 1.77. The highest BCUT2D eigenvalue weighted by Gasteiger charge is 2.21. The van der Waals surface area contributed by atoms with Gasteiger partial charge in [0.25, 0.3) is 0 Å². The Kier molecular flexibility index (Phi) is 2.24. The van der Waals surface area contributed by atoms with Crippen molar-refractivity contribution < 1.29 is 10.2 Å². The fraction of sp³-hybridized carbons (Fsp3) is 0.250. The minimum atomic E-state index is -1.61. The van der Waals surface area contributed by atoms with E-state index in [0.717, 1.165) is 0 Å². The van der Waals surface area contributed by atoms with E-state index in [1.807, 2.05) is 6.07 Å². The third-order valence-electron chi connectivity index (χ3n) is 1.51. The number of nitrogens with two attached hydrogens (primary N) is 1. The van der Waals surface area contributed by atoms with Gasteiger partial charge in [-0.15, -0.1) is 0 Å². The van der Waals surface area contributed by atoms with Gasteiger partial charge in [0, 0.05) is 5.56 Å². The van der Waals surface area contributed by atoms with E-state index in [9.17, 15) is 5.11 Å². The Morgan fingerprint density at radius 3 is 2.27 bits per heavy atom. The Bertz CT molecular complexity index is 221. The molecule has 0 aliphatic carbocycles. The van der Waals surface area contributed by atoms with Crippen LogP contribution in [0, 0.1) is 0 Å². The number of benzene rings is 1. The lowest BCUT2D eigenvalue weighted by molar-refractivity contribution is -0.0135. The van der Waals surface area contributed by atoms with Gasteiger partial charge in [0.1, 0.15) is 0 Å². The summed E-state index contributed by atoms with van der Waals surface area (Å²) in [5, 5.41) is 18.0. The number of aliphatic hydroxyl groups is 2. The van der Waals surface area contributed by atoms with Crippen LogP contribution in [0.3, 0.4) is 0 Å². The lowest BCUT2D eigenvalue weighted by Gasteiger charge is -2.20. The van der Waals surface area contributed by atoms with Crippen LogP contribution in [0.5, 0.6) is 0 Å². The molecule has 0 aliphatic rings. The molecule has 11 heavy (non-hydrogen) atoms. The zero-order valence-corrected chi connectivity index (χ0v) is 6.07. The third-order valence-corrected chi connectivity index (χ3v) is 1.51. The van der Waals surface area contributed by atoms with E-state index < -0.39 is 12.3 Å². The quantitative estimate of drug-likeness (QED) is 0.515. The lowest BCUT2D eigenvalue weighted by Crippen LogP contribution is -2.40. The summed E-state index contributed by atoms with van der Waals surface area (Å²) in [5.41, 5.74) is 4.25. The maximum Gasteiger partial charge on any atom is 0.163 e. The molecule has 0 aromatic heterocycles. The maximum atomic E-state index is 9.32. The zero-order valence-electron chi connectivity index (χ0n) is 6.07. The molecule has 3 nitrogen and oxygen atoms in total. The van der Waals surface area contributed by atoms with E-state index in [1.165, 1.54) is 0 Å². The minimum absolute atomic E-state index is 0.475. The summed E-state index contributed by atoms with van der Waals surface area (Å²) in [7, 11) is 0.